The van der Waals surface area contributed by atoms with Crippen molar-refractivity contribution in [3.8, 4) is 17.1 Å². The lowest BCUT2D eigenvalue weighted by Crippen LogP contribution is -2.19. The molecule has 1 aliphatic carbocycles. The number of aromatic nitrogens is 2. The predicted molar refractivity (Wildman–Crippen MR) is 76.9 cm³/mol. The molecule has 2 aromatic rings. The summed E-state index contributed by atoms with van der Waals surface area (Å²) in [7, 11) is 3.64. The van der Waals surface area contributed by atoms with Gasteiger partial charge >= 0.3 is 6.01 Å². The molecule has 0 spiro atoms. The van der Waals surface area contributed by atoms with E-state index in [1.165, 1.54) is 19.3 Å². The molecule has 1 heterocycles. The van der Waals surface area contributed by atoms with Crippen LogP contribution in [0.1, 0.15) is 19.3 Å². The molecule has 1 saturated carbocycles. The zero-order valence-corrected chi connectivity index (χ0v) is 11.9. The van der Waals surface area contributed by atoms with Crippen LogP contribution in [0.25, 0.3) is 11.4 Å². The van der Waals surface area contributed by atoms with Gasteiger partial charge < -0.3 is 14.2 Å². The van der Waals surface area contributed by atoms with Crippen LogP contribution in [0.4, 0.5) is 6.01 Å². The summed E-state index contributed by atoms with van der Waals surface area (Å²) in [6.07, 6.45) is 3.94. The lowest BCUT2D eigenvalue weighted by molar-refractivity contribution is 0.414. The summed E-state index contributed by atoms with van der Waals surface area (Å²) < 4.78 is 10.5. The Hall–Kier alpha value is -2.04. The average Bonchev–Trinajstić information content (AvgIpc) is 3.19. The van der Waals surface area contributed by atoms with E-state index >= 15 is 0 Å². The number of rotatable bonds is 6. The van der Waals surface area contributed by atoms with Crippen molar-refractivity contribution in [2.24, 2.45) is 5.92 Å². The van der Waals surface area contributed by atoms with Crippen molar-refractivity contribution >= 4 is 6.01 Å². The smallest absolute Gasteiger partial charge is 0.324 e. The van der Waals surface area contributed by atoms with Crippen molar-refractivity contribution in [3.63, 3.8) is 0 Å². The fraction of sp³-hybridized carbons (Fsp3) is 0.467. The summed E-state index contributed by atoms with van der Waals surface area (Å²) in [6.45, 7) is 0.963. The van der Waals surface area contributed by atoms with Crippen LogP contribution < -0.4 is 9.64 Å². The van der Waals surface area contributed by atoms with Gasteiger partial charge in [-0.1, -0.05) is 30.1 Å². The summed E-state index contributed by atoms with van der Waals surface area (Å²) >= 11 is 0. The molecular formula is C15H19N3O2. The highest BCUT2D eigenvalue weighted by molar-refractivity contribution is 5.58. The number of benzene rings is 1. The number of nitrogens with zero attached hydrogens (tertiary/aromatic N) is 3. The molecular weight excluding hydrogens is 254 g/mol. The van der Waals surface area contributed by atoms with E-state index in [0.717, 1.165) is 23.8 Å². The van der Waals surface area contributed by atoms with Gasteiger partial charge in [-0.15, -0.1) is 0 Å². The Labute approximate surface area is 118 Å². The monoisotopic (exact) mass is 273 g/mol. The number of anilines is 1. The lowest BCUT2D eigenvalue weighted by Gasteiger charge is -2.12. The molecule has 0 saturated heterocycles. The molecule has 0 amide bonds. The minimum Gasteiger partial charge on any atom is -0.497 e. The minimum absolute atomic E-state index is 0.573. The normalized spacial score (nSPS) is 14.3. The fourth-order valence-corrected chi connectivity index (χ4v) is 2.13. The van der Waals surface area contributed by atoms with Gasteiger partial charge in [-0.3, -0.25) is 0 Å². The highest BCUT2D eigenvalue weighted by Gasteiger charge is 2.22. The van der Waals surface area contributed by atoms with Crippen LogP contribution in [0.3, 0.4) is 0 Å². The second kappa shape index (κ2) is 5.53. The fourth-order valence-electron chi connectivity index (χ4n) is 2.13. The Balaban J connectivity index is 1.71. The SMILES string of the molecule is COc1cccc(-c2noc(N(C)CCC3CC3)n2)c1. The minimum atomic E-state index is 0.573. The van der Waals surface area contributed by atoms with Gasteiger partial charge in [0.15, 0.2) is 0 Å². The summed E-state index contributed by atoms with van der Waals surface area (Å²) in [5.41, 5.74) is 0.898. The highest BCUT2D eigenvalue weighted by atomic mass is 16.5. The van der Waals surface area contributed by atoms with E-state index in [1.54, 1.807) is 7.11 Å². The topological polar surface area (TPSA) is 51.4 Å². The zero-order chi connectivity index (χ0) is 13.9. The second-order valence-electron chi connectivity index (χ2n) is 5.29. The molecule has 5 nitrogen and oxygen atoms in total. The maximum atomic E-state index is 5.33. The van der Waals surface area contributed by atoms with Crippen LogP contribution in [-0.4, -0.2) is 30.8 Å². The molecule has 1 fully saturated rings. The molecule has 1 aliphatic rings. The Morgan fingerprint density at radius 1 is 1.40 bits per heavy atom. The molecule has 0 unspecified atom stereocenters. The van der Waals surface area contributed by atoms with Gasteiger partial charge in [0, 0.05) is 19.2 Å². The van der Waals surface area contributed by atoms with Crippen LogP contribution in [-0.2, 0) is 0 Å². The number of ether oxygens (including phenoxy) is 1. The third-order valence-electron chi connectivity index (χ3n) is 3.64. The van der Waals surface area contributed by atoms with Crippen LogP contribution in [0.2, 0.25) is 0 Å². The molecule has 1 aromatic carbocycles. The van der Waals surface area contributed by atoms with Gasteiger partial charge in [0.05, 0.1) is 7.11 Å². The maximum Gasteiger partial charge on any atom is 0.324 e. The van der Waals surface area contributed by atoms with Crippen LogP contribution >= 0.6 is 0 Å². The van der Waals surface area contributed by atoms with Gasteiger partial charge in [0.1, 0.15) is 5.75 Å². The third-order valence-corrected chi connectivity index (χ3v) is 3.64. The third kappa shape index (κ3) is 2.92. The average molecular weight is 273 g/mol. The molecule has 0 aliphatic heterocycles. The van der Waals surface area contributed by atoms with Crippen molar-refractivity contribution in [1.82, 2.24) is 10.1 Å². The Bertz CT molecular complexity index is 578. The number of hydrogen-bond donors (Lipinski definition) is 0. The quantitative estimate of drug-likeness (QED) is 0.810. The van der Waals surface area contributed by atoms with E-state index in [4.69, 9.17) is 9.26 Å². The highest BCUT2D eigenvalue weighted by Crippen LogP contribution is 2.32. The van der Waals surface area contributed by atoms with Crippen molar-refractivity contribution in [2.45, 2.75) is 19.3 Å². The first-order valence-electron chi connectivity index (χ1n) is 6.95. The van der Waals surface area contributed by atoms with Crippen molar-refractivity contribution in [2.75, 3.05) is 25.6 Å². The molecule has 1 aromatic heterocycles. The van der Waals surface area contributed by atoms with Crippen LogP contribution in [0.15, 0.2) is 28.8 Å². The molecule has 20 heavy (non-hydrogen) atoms. The molecule has 0 atom stereocenters. The Morgan fingerprint density at radius 3 is 3.00 bits per heavy atom. The van der Waals surface area contributed by atoms with Gasteiger partial charge in [-0.05, 0) is 24.5 Å². The van der Waals surface area contributed by atoms with Crippen molar-refractivity contribution in [3.05, 3.63) is 24.3 Å². The summed E-state index contributed by atoms with van der Waals surface area (Å²) in [5, 5.41) is 4.04. The Kier molecular flexibility index (Phi) is 3.58. The summed E-state index contributed by atoms with van der Waals surface area (Å²) in [5.74, 6) is 2.28. The second-order valence-corrected chi connectivity index (χ2v) is 5.29. The Morgan fingerprint density at radius 2 is 2.25 bits per heavy atom. The maximum absolute atomic E-state index is 5.33. The summed E-state index contributed by atoms with van der Waals surface area (Å²) in [4.78, 5) is 6.47. The first kappa shape index (κ1) is 13.0. The molecule has 3 rings (SSSR count). The van der Waals surface area contributed by atoms with Crippen LogP contribution in [0.5, 0.6) is 5.75 Å². The number of methoxy groups -OCH3 is 1. The van der Waals surface area contributed by atoms with E-state index in [0.29, 0.717) is 11.8 Å². The van der Waals surface area contributed by atoms with Gasteiger partial charge in [-0.2, -0.15) is 4.98 Å². The first-order chi connectivity index (χ1) is 9.76. The van der Waals surface area contributed by atoms with E-state index in [-0.39, 0.29) is 0 Å². The summed E-state index contributed by atoms with van der Waals surface area (Å²) in [6, 6.07) is 8.23. The van der Waals surface area contributed by atoms with Gasteiger partial charge in [0.2, 0.25) is 5.82 Å². The van der Waals surface area contributed by atoms with E-state index in [2.05, 4.69) is 10.1 Å². The van der Waals surface area contributed by atoms with E-state index in [1.807, 2.05) is 36.2 Å². The standard InChI is InChI=1S/C15H19N3O2/c1-18(9-8-11-6-7-11)15-16-14(17-20-15)12-4-3-5-13(10-12)19-2/h3-5,10-11H,6-9H2,1-2H3. The molecule has 0 radical (unpaired) electrons. The van der Waals surface area contributed by atoms with Gasteiger partial charge in [0.25, 0.3) is 0 Å². The van der Waals surface area contributed by atoms with E-state index < -0.39 is 0 Å². The van der Waals surface area contributed by atoms with E-state index in [9.17, 15) is 0 Å². The number of hydrogen-bond acceptors (Lipinski definition) is 5. The molecule has 5 heteroatoms. The molecule has 0 bridgehead atoms. The first-order valence-corrected chi connectivity index (χ1v) is 6.95. The van der Waals surface area contributed by atoms with Gasteiger partial charge in [-0.25, -0.2) is 0 Å². The van der Waals surface area contributed by atoms with Crippen molar-refractivity contribution < 1.29 is 9.26 Å². The molecule has 106 valence electrons. The zero-order valence-electron chi connectivity index (χ0n) is 11.9. The lowest BCUT2D eigenvalue weighted by atomic mass is 10.2. The van der Waals surface area contributed by atoms with Crippen molar-refractivity contribution in [1.29, 1.82) is 0 Å². The molecule has 0 N–H and O–H groups in total. The largest absolute Gasteiger partial charge is 0.497 e. The predicted octanol–water partition coefficient (Wildman–Crippen LogP) is 2.98. The van der Waals surface area contributed by atoms with Crippen LogP contribution in [0, 0.1) is 5.92 Å².